The molecule has 2 aromatic rings. The molecule has 1 saturated heterocycles. The van der Waals surface area contributed by atoms with Gasteiger partial charge in [-0.05, 0) is 19.5 Å². The van der Waals surface area contributed by atoms with E-state index in [0.29, 0.717) is 11.5 Å². The second-order valence-electron chi connectivity index (χ2n) is 7.67. The Morgan fingerprint density at radius 3 is 2.63 bits per heavy atom. The molecule has 2 aliphatic rings. The minimum Gasteiger partial charge on any atom is -0.394 e. The number of nitrogens with zero attached hydrogens (tertiary/aromatic N) is 4. The van der Waals surface area contributed by atoms with E-state index in [9.17, 15) is 20.4 Å². The summed E-state index contributed by atoms with van der Waals surface area (Å²) in [5.74, 6) is 0.568. The number of likely N-dealkylation sites (N-methyl/N-ethyl adjacent to an activating group) is 1. The third kappa shape index (κ3) is 3.51. The zero-order chi connectivity index (χ0) is 21.4. The topological polar surface area (TPSA) is 136 Å². The Bertz CT molecular complexity index is 891. The van der Waals surface area contributed by atoms with Crippen LogP contribution in [0.15, 0.2) is 41.7 Å². The molecule has 3 unspecified atom stereocenters. The van der Waals surface area contributed by atoms with E-state index in [4.69, 9.17) is 4.74 Å². The zero-order valence-corrected chi connectivity index (χ0v) is 16.8. The molecular weight excluding hydrogens is 390 g/mol. The molecule has 0 amide bonds. The summed E-state index contributed by atoms with van der Waals surface area (Å²) in [5.41, 5.74) is 1.41. The maximum absolute atomic E-state index is 10.8. The van der Waals surface area contributed by atoms with Crippen molar-refractivity contribution in [2.75, 3.05) is 19.0 Å². The highest BCUT2D eigenvalue weighted by molar-refractivity contribution is 5.78. The van der Waals surface area contributed by atoms with Crippen molar-refractivity contribution in [1.29, 1.82) is 0 Å². The van der Waals surface area contributed by atoms with Gasteiger partial charge < -0.3 is 30.5 Å². The molecule has 0 radical (unpaired) electrons. The summed E-state index contributed by atoms with van der Waals surface area (Å²) in [7, 11) is 1.86. The van der Waals surface area contributed by atoms with Crippen LogP contribution < -0.4 is 5.32 Å². The summed E-state index contributed by atoms with van der Waals surface area (Å²) in [6.07, 6.45) is -2.33. The number of benzene rings is 1. The van der Waals surface area contributed by atoms with Crippen molar-refractivity contribution in [3.05, 3.63) is 47.9 Å². The minimum atomic E-state index is -1.21. The lowest BCUT2D eigenvalue weighted by Gasteiger charge is -2.34. The van der Waals surface area contributed by atoms with Crippen LogP contribution in [-0.4, -0.2) is 79.2 Å². The standard InChI is InChI=1S/C20H27N5O5/c1-11(15(27)12-6-4-3-5-7-12)24(2)18-14-19(22-9-21-18)25(10-23-14)20-17(29)16(28)13(8-26)30-20/h3-7,9-11,13,15-18,20,26-29H,8H2,1-2H3,(H,21,22)/t11-,13-,15-,16?,17?,18?,20-/m1/s1. The first kappa shape index (κ1) is 20.9. The molecule has 5 N–H and O–H groups in total. The number of rotatable bonds is 6. The molecule has 0 bridgehead atoms. The predicted octanol–water partition coefficient (Wildman–Crippen LogP) is 0.000900. The number of fused-ring (bicyclic) bond motifs is 1. The van der Waals surface area contributed by atoms with E-state index < -0.39 is 43.4 Å². The normalized spacial score (nSPS) is 30.2. The first-order chi connectivity index (χ1) is 14.4. The lowest BCUT2D eigenvalue weighted by molar-refractivity contribution is -0.0518. The summed E-state index contributed by atoms with van der Waals surface area (Å²) >= 11 is 0. The van der Waals surface area contributed by atoms with Gasteiger partial charge in [0.15, 0.2) is 12.4 Å². The molecule has 4 rings (SSSR count). The van der Waals surface area contributed by atoms with Crippen LogP contribution in [0, 0.1) is 0 Å². The Morgan fingerprint density at radius 1 is 1.23 bits per heavy atom. The van der Waals surface area contributed by atoms with E-state index in [-0.39, 0.29) is 6.04 Å². The zero-order valence-electron chi connectivity index (χ0n) is 16.8. The van der Waals surface area contributed by atoms with Crippen molar-refractivity contribution < 1.29 is 25.2 Å². The number of imidazole rings is 1. The van der Waals surface area contributed by atoms with Gasteiger partial charge in [-0.3, -0.25) is 9.47 Å². The summed E-state index contributed by atoms with van der Waals surface area (Å²) in [4.78, 5) is 10.9. The molecule has 1 aromatic heterocycles. The van der Waals surface area contributed by atoms with Crippen LogP contribution in [-0.2, 0) is 4.74 Å². The number of aliphatic imine (C=N–C) groups is 1. The molecule has 1 aromatic carbocycles. The van der Waals surface area contributed by atoms with Gasteiger partial charge in [0.25, 0.3) is 0 Å². The van der Waals surface area contributed by atoms with Crippen molar-refractivity contribution in [2.45, 2.75) is 49.8 Å². The van der Waals surface area contributed by atoms with Crippen LogP contribution in [0.2, 0.25) is 0 Å². The van der Waals surface area contributed by atoms with Gasteiger partial charge in [0.2, 0.25) is 0 Å². The highest BCUT2D eigenvalue weighted by Gasteiger charge is 2.45. The monoisotopic (exact) mass is 417 g/mol. The molecule has 0 saturated carbocycles. The maximum atomic E-state index is 10.8. The van der Waals surface area contributed by atoms with Gasteiger partial charge >= 0.3 is 0 Å². The highest BCUT2D eigenvalue weighted by atomic mass is 16.6. The Hall–Kier alpha value is -2.34. The van der Waals surface area contributed by atoms with Crippen molar-refractivity contribution in [3.8, 4) is 0 Å². The fourth-order valence-corrected chi connectivity index (χ4v) is 3.93. The van der Waals surface area contributed by atoms with Crippen LogP contribution in [0.25, 0.3) is 0 Å². The van der Waals surface area contributed by atoms with E-state index in [2.05, 4.69) is 15.3 Å². The van der Waals surface area contributed by atoms with Gasteiger partial charge in [-0.1, -0.05) is 30.3 Å². The molecule has 30 heavy (non-hydrogen) atoms. The number of aliphatic hydroxyl groups excluding tert-OH is 4. The summed E-state index contributed by atoms with van der Waals surface area (Å²) < 4.78 is 7.21. The number of ether oxygens (including phenoxy) is 1. The first-order valence-electron chi connectivity index (χ1n) is 9.86. The van der Waals surface area contributed by atoms with Gasteiger partial charge in [-0.2, -0.15) is 0 Å². The van der Waals surface area contributed by atoms with Gasteiger partial charge in [-0.25, -0.2) is 9.98 Å². The Balaban J connectivity index is 1.57. The van der Waals surface area contributed by atoms with Gasteiger partial charge in [-0.15, -0.1) is 0 Å². The lowest BCUT2D eigenvalue weighted by Crippen LogP contribution is -2.38. The highest BCUT2D eigenvalue weighted by Crippen LogP contribution is 2.38. The molecule has 7 atom stereocenters. The van der Waals surface area contributed by atoms with Crippen LogP contribution in [0.5, 0.6) is 0 Å². The Labute approximate surface area is 174 Å². The van der Waals surface area contributed by atoms with Crippen molar-refractivity contribution in [3.63, 3.8) is 0 Å². The lowest BCUT2D eigenvalue weighted by atomic mass is 10.0. The number of hydrogen-bond acceptors (Lipinski definition) is 9. The van der Waals surface area contributed by atoms with Crippen molar-refractivity contribution in [1.82, 2.24) is 14.5 Å². The summed E-state index contributed by atoms with van der Waals surface area (Å²) in [6, 6.07) is 9.16. The van der Waals surface area contributed by atoms with Crippen molar-refractivity contribution in [2.24, 2.45) is 4.99 Å². The number of aromatic nitrogens is 2. The predicted molar refractivity (Wildman–Crippen MR) is 109 cm³/mol. The van der Waals surface area contributed by atoms with E-state index >= 15 is 0 Å². The molecule has 0 aliphatic carbocycles. The van der Waals surface area contributed by atoms with Crippen LogP contribution in [0.1, 0.15) is 36.7 Å². The SMILES string of the molecule is C[C@H]([C@@H](O)c1ccccc1)N(C)C1N=CNc2c1ncn2[C@@H]1O[C@H](CO)C(O)C1O. The van der Waals surface area contributed by atoms with Gasteiger partial charge in [0.1, 0.15) is 29.8 Å². The number of hydrogen-bond donors (Lipinski definition) is 5. The van der Waals surface area contributed by atoms with E-state index in [1.54, 1.807) is 4.57 Å². The number of aliphatic hydroxyl groups is 4. The molecule has 10 heteroatoms. The second-order valence-corrected chi connectivity index (χ2v) is 7.67. The molecule has 162 valence electrons. The average Bonchev–Trinajstić information content (AvgIpc) is 3.33. The molecule has 3 heterocycles. The molecule has 10 nitrogen and oxygen atoms in total. The minimum absolute atomic E-state index is 0.264. The van der Waals surface area contributed by atoms with Gasteiger partial charge in [0.05, 0.1) is 25.4 Å². The Morgan fingerprint density at radius 2 is 1.97 bits per heavy atom. The average molecular weight is 417 g/mol. The first-order valence-corrected chi connectivity index (χ1v) is 9.86. The quantitative estimate of drug-likeness (QED) is 0.443. The largest absolute Gasteiger partial charge is 0.394 e. The smallest absolute Gasteiger partial charge is 0.165 e. The number of nitrogens with one attached hydrogen (secondary N) is 1. The van der Waals surface area contributed by atoms with E-state index in [0.717, 1.165) is 5.56 Å². The van der Waals surface area contributed by atoms with E-state index in [1.807, 2.05) is 49.2 Å². The molecule has 2 aliphatic heterocycles. The second kappa shape index (κ2) is 8.42. The fraction of sp³-hybridized carbons (Fsp3) is 0.500. The van der Waals surface area contributed by atoms with Gasteiger partial charge in [0, 0.05) is 6.04 Å². The molecular formula is C20H27N5O5. The summed E-state index contributed by atoms with van der Waals surface area (Å²) in [6.45, 7) is 1.51. The maximum Gasteiger partial charge on any atom is 0.165 e. The van der Waals surface area contributed by atoms with Crippen LogP contribution in [0.3, 0.4) is 0 Å². The Kier molecular flexibility index (Phi) is 5.87. The fourth-order valence-electron chi connectivity index (χ4n) is 3.93. The van der Waals surface area contributed by atoms with E-state index in [1.165, 1.54) is 12.7 Å². The van der Waals surface area contributed by atoms with Crippen LogP contribution in [0.4, 0.5) is 5.82 Å². The van der Waals surface area contributed by atoms with Crippen LogP contribution >= 0.6 is 0 Å². The summed E-state index contributed by atoms with van der Waals surface area (Å²) in [5, 5.41) is 43.6. The third-order valence-electron chi connectivity index (χ3n) is 5.90. The number of anilines is 1. The van der Waals surface area contributed by atoms with Crippen molar-refractivity contribution >= 4 is 12.2 Å². The molecule has 0 spiro atoms. The third-order valence-corrected chi connectivity index (χ3v) is 5.90. The molecule has 1 fully saturated rings.